The van der Waals surface area contributed by atoms with E-state index in [1.807, 2.05) is 31.2 Å². The molecule has 0 amide bonds. The number of fused-ring (bicyclic) bond motifs is 1. The third-order valence-electron chi connectivity index (χ3n) is 2.87. The third-order valence-corrected chi connectivity index (χ3v) is 3.36. The van der Waals surface area contributed by atoms with Crippen molar-refractivity contribution in [1.29, 1.82) is 0 Å². The summed E-state index contributed by atoms with van der Waals surface area (Å²) in [5.74, 6) is 0.769. The van der Waals surface area contributed by atoms with Gasteiger partial charge in [0.1, 0.15) is 18.0 Å². The number of hydrogen-bond donors (Lipinski definition) is 1. The third kappa shape index (κ3) is 1.70. The Kier molecular flexibility index (Phi) is 2.19. The fourth-order valence-electron chi connectivity index (χ4n) is 1.93. The van der Waals surface area contributed by atoms with Crippen molar-refractivity contribution in [2.45, 2.75) is 12.5 Å². The van der Waals surface area contributed by atoms with E-state index in [9.17, 15) is 0 Å². The van der Waals surface area contributed by atoms with E-state index in [0.29, 0.717) is 6.61 Å². The Hall–Kier alpha value is -1.49. The second-order valence-corrected chi connectivity index (χ2v) is 5.22. The molecule has 1 aliphatic rings. The van der Waals surface area contributed by atoms with Gasteiger partial charge in [-0.15, -0.1) is 0 Å². The predicted molar refractivity (Wildman–Crippen MR) is 68.8 cm³/mol. The van der Waals surface area contributed by atoms with Gasteiger partial charge in [-0.25, -0.2) is 4.99 Å². The molecular weight excluding hydrogens is 284 g/mol. The molecule has 0 spiro atoms. The highest BCUT2D eigenvalue weighted by Crippen LogP contribution is 2.34. The number of halogens is 1. The molecular formula is C12H11BrN2O2. The summed E-state index contributed by atoms with van der Waals surface area (Å²) in [5, 5.41) is 1.04. The lowest BCUT2D eigenvalue weighted by Crippen LogP contribution is -2.19. The fraction of sp³-hybridized carbons (Fsp3) is 0.250. The molecule has 1 unspecified atom stereocenters. The smallest absolute Gasteiger partial charge is 0.283 e. The van der Waals surface area contributed by atoms with E-state index in [1.54, 1.807) is 0 Å². The lowest BCUT2D eigenvalue weighted by Gasteiger charge is -2.13. The Morgan fingerprint density at radius 3 is 2.94 bits per heavy atom. The molecule has 0 bridgehead atoms. The first-order valence-corrected chi connectivity index (χ1v) is 6.04. The molecule has 2 aromatic rings. The highest BCUT2D eigenvalue weighted by molar-refractivity contribution is 9.10. The summed E-state index contributed by atoms with van der Waals surface area (Å²) in [5.41, 5.74) is 5.86. The molecule has 88 valence electrons. The van der Waals surface area contributed by atoms with Crippen LogP contribution in [0.25, 0.3) is 11.0 Å². The van der Waals surface area contributed by atoms with Gasteiger partial charge in [-0.3, -0.25) is 0 Å². The molecule has 2 heterocycles. The van der Waals surface area contributed by atoms with Crippen molar-refractivity contribution in [2.75, 3.05) is 6.61 Å². The van der Waals surface area contributed by atoms with Gasteiger partial charge in [0.25, 0.3) is 6.02 Å². The van der Waals surface area contributed by atoms with Gasteiger partial charge in [0.05, 0.1) is 0 Å². The topological polar surface area (TPSA) is 60.8 Å². The molecule has 0 radical (unpaired) electrons. The molecule has 0 saturated carbocycles. The Labute approximate surface area is 107 Å². The number of nitrogens with zero attached hydrogens (tertiary/aromatic N) is 1. The summed E-state index contributed by atoms with van der Waals surface area (Å²) >= 11 is 3.43. The summed E-state index contributed by atoms with van der Waals surface area (Å²) in [6.45, 7) is 2.36. The summed E-state index contributed by atoms with van der Waals surface area (Å²) < 4.78 is 12.0. The standard InChI is InChI=1S/C12H11BrN2O2/c1-12(6-16-11(14)15-12)10-5-7-4-8(13)2-3-9(7)17-10/h2-5H,6H2,1H3,(H2,14,15). The molecule has 1 aromatic carbocycles. The van der Waals surface area contributed by atoms with Crippen LogP contribution in [0, 0.1) is 0 Å². The van der Waals surface area contributed by atoms with E-state index in [4.69, 9.17) is 14.9 Å². The van der Waals surface area contributed by atoms with Crippen LogP contribution in [0.5, 0.6) is 0 Å². The van der Waals surface area contributed by atoms with Crippen molar-refractivity contribution in [3.05, 3.63) is 34.5 Å². The summed E-state index contributed by atoms with van der Waals surface area (Å²) in [4.78, 5) is 4.28. The van der Waals surface area contributed by atoms with Crippen LogP contribution in [-0.4, -0.2) is 12.6 Å². The first-order valence-electron chi connectivity index (χ1n) is 5.24. The molecule has 0 aliphatic carbocycles. The number of hydrogen-bond acceptors (Lipinski definition) is 4. The van der Waals surface area contributed by atoms with Crippen molar-refractivity contribution in [3.8, 4) is 0 Å². The van der Waals surface area contributed by atoms with Crippen LogP contribution in [0.1, 0.15) is 12.7 Å². The van der Waals surface area contributed by atoms with Gasteiger partial charge in [0.2, 0.25) is 0 Å². The van der Waals surface area contributed by atoms with Crippen LogP contribution >= 0.6 is 15.9 Å². The summed E-state index contributed by atoms with van der Waals surface area (Å²) in [7, 11) is 0. The quantitative estimate of drug-likeness (QED) is 0.880. The van der Waals surface area contributed by atoms with Gasteiger partial charge in [-0.05, 0) is 31.2 Å². The average Bonchev–Trinajstić information content (AvgIpc) is 2.83. The van der Waals surface area contributed by atoms with E-state index in [-0.39, 0.29) is 6.02 Å². The average molecular weight is 295 g/mol. The van der Waals surface area contributed by atoms with Crippen molar-refractivity contribution in [1.82, 2.24) is 0 Å². The van der Waals surface area contributed by atoms with Crippen LogP contribution < -0.4 is 5.73 Å². The lowest BCUT2D eigenvalue weighted by atomic mass is 10.0. The second-order valence-electron chi connectivity index (χ2n) is 4.31. The van der Waals surface area contributed by atoms with E-state index in [1.165, 1.54) is 0 Å². The van der Waals surface area contributed by atoms with E-state index in [0.717, 1.165) is 21.2 Å². The van der Waals surface area contributed by atoms with Crippen molar-refractivity contribution < 1.29 is 9.15 Å². The number of ether oxygens (including phenoxy) is 1. The van der Waals surface area contributed by atoms with Crippen LogP contribution in [0.2, 0.25) is 0 Å². The minimum atomic E-state index is -0.518. The van der Waals surface area contributed by atoms with Gasteiger partial charge in [0.15, 0.2) is 5.54 Å². The molecule has 17 heavy (non-hydrogen) atoms. The minimum Gasteiger partial charge on any atom is -0.462 e. The van der Waals surface area contributed by atoms with Crippen molar-refractivity contribution in [2.24, 2.45) is 10.7 Å². The largest absolute Gasteiger partial charge is 0.462 e. The normalized spacial score (nSPS) is 23.8. The molecule has 0 fully saturated rings. The van der Waals surface area contributed by atoms with Gasteiger partial charge >= 0.3 is 0 Å². The highest BCUT2D eigenvalue weighted by Gasteiger charge is 2.36. The van der Waals surface area contributed by atoms with Gasteiger partial charge < -0.3 is 14.9 Å². The minimum absolute atomic E-state index is 0.217. The SMILES string of the molecule is CC1(c2cc3cc(Br)ccc3o2)COC(N)=N1. The van der Waals surface area contributed by atoms with Crippen LogP contribution in [0.3, 0.4) is 0 Å². The summed E-state index contributed by atoms with van der Waals surface area (Å²) in [6, 6.07) is 8.07. The van der Waals surface area contributed by atoms with Crippen LogP contribution in [0.4, 0.5) is 0 Å². The maximum Gasteiger partial charge on any atom is 0.283 e. The Balaban J connectivity index is 2.13. The van der Waals surface area contributed by atoms with E-state index in [2.05, 4.69) is 20.9 Å². The summed E-state index contributed by atoms with van der Waals surface area (Å²) in [6.07, 6.45) is 0. The maximum atomic E-state index is 5.79. The van der Waals surface area contributed by atoms with Crippen LogP contribution in [0.15, 0.2) is 38.1 Å². The number of furan rings is 1. The van der Waals surface area contributed by atoms with Crippen LogP contribution in [-0.2, 0) is 10.3 Å². The highest BCUT2D eigenvalue weighted by atomic mass is 79.9. The monoisotopic (exact) mass is 294 g/mol. The molecule has 3 rings (SSSR count). The molecule has 1 aromatic heterocycles. The first-order chi connectivity index (χ1) is 8.07. The van der Waals surface area contributed by atoms with Crippen molar-refractivity contribution >= 4 is 32.9 Å². The molecule has 1 aliphatic heterocycles. The van der Waals surface area contributed by atoms with E-state index < -0.39 is 5.54 Å². The number of amidine groups is 1. The zero-order valence-electron chi connectivity index (χ0n) is 9.24. The molecule has 2 N–H and O–H groups in total. The van der Waals surface area contributed by atoms with Gasteiger partial charge in [0, 0.05) is 9.86 Å². The maximum absolute atomic E-state index is 5.79. The zero-order chi connectivity index (χ0) is 12.0. The number of rotatable bonds is 1. The Morgan fingerprint density at radius 2 is 2.24 bits per heavy atom. The first kappa shape index (κ1) is 10.7. The lowest BCUT2D eigenvalue weighted by molar-refractivity contribution is 0.244. The fourth-order valence-corrected chi connectivity index (χ4v) is 2.31. The van der Waals surface area contributed by atoms with E-state index >= 15 is 0 Å². The predicted octanol–water partition coefficient (Wildman–Crippen LogP) is 2.76. The second kappa shape index (κ2) is 3.50. The number of nitrogens with two attached hydrogens (primary N) is 1. The zero-order valence-corrected chi connectivity index (χ0v) is 10.8. The Morgan fingerprint density at radius 1 is 1.41 bits per heavy atom. The molecule has 4 nitrogen and oxygen atoms in total. The number of aliphatic imine (C=N–C) groups is 1. The van der Waals surface area contributed by atoms with Crippen molar-refractivity contribution in [3.63, 3.8) is 0 Å². The molecule has 1 atom stereocenters. The molecule has 5 heteroatoms. The molecule has 0 saturated heterocycles. The van der Waals surface area contributed by atoms with Gasteiger partial charge in [-0.2, -0.15) is 0 Å². The van der Waals surface area contributed by atoms with Gasteiger partial charge in [-0.1, -0.05) is 15.9 Å². The Bertz CT molecular complexity index is 620. The number of benzene rings is 1.